The minimum absolute atomic E-state index is 0.150. The second-order valence-corrected chi connectivity index (χ2v) is 4.55. The van der Waals surface area contributed by atoms with Gasteiger partial charge in [-0.05, 0) is 20.8 Å². The average Bonchev–Trinajstić information content (AvgIpc) is 2.14. The number of carboxylic acid groups (broad SMARTS) is 1. The summed E-state index contributed by atoms with van der Waals surface area (Å²) in [5.41, 5.74) is -0.474. The van der Waals surface area contributed by atoms with E-state index < -0.39 is 23.4 Å². The zero-order chi connectivity index (χ0) is 13.6. The highest BCUT2D eigenvalue weighted by Gasteiger charge is 2.26. The molecule has 0 saturated carbocycles. The van der Waals surface area contributed by atoms with Crippen molar-refractivity contribution in [3.8, 4) is 0 Å². The number of hydrogen-bond acceptors (Lipinski definition) is 4. The van der Waals surface area contributed by atoms with Crippen molar-refractivity contribution >= 4 is 17.9 Å². The summed E-state index contributed by atoms with van der Waals surface area (Å²) in [5.74, 6) is -1.56. The molecule has 0 atom stereocenters. The summed E-state index contributed by atoms with van der Waals surface area (Å²) in [5, 5.41) is 13.1. The Morgan fingerprint density at radius 1 is 1.18 bits per heavy atom. The van der Waals surface area contributed by atoms with Gasteiger partial charge in [-0.1, -0.05) is 0 Å². The lowest BCUT2D eigenvalue weighted by atomic mass is 10.1. The topological polar surface area (TPSA) is 98.7 Å². The van der Waals surface area contributed by atoms with Gasteiger partial charge in [-0.25, -0.2) is 4.79 Å². The number of carbonyl (C=O) groups is 3. The van der Waals surface area contributed by atoms with E-state index in [-0.39, 0.29) is 13.1 Å². The maximum absolute atomic E-state index is 11.4. The predicted octanol–water partition coefficient (Wildman–Crippen LogP) is -0.373. The molecule has 0 heterocycles. The Morgan fingerprint density at radius 3 is 2.06 bits per heavy atom. The van der Waals surface area contributed by atoms with Gasteiger partial charge in [0.1, 0.15) is 0 Å². The highest BCUT2D eigenvalue weighted by molar-refractivity contribution is 5.95. The van der Waals surface area contributed by atoms with E-state index in [2.05, 4.69) is 10.6 Å². The lowest BCUT2D eigenvalue weighted by Crippen LogP contribution is -2.51. The maximum atomic E-state index is 11.4. The lowest BCUT2D eigenvalue weighted by molar-refractivity contribution is -0.140. The van der Waals surface area contributed by atoms with Crippen molar-refractivity contribution in [2.45, 2.75) is 26.3 Å². The van der Waals surface area contributed by atoms with E-state index in [9.17, 15) is 14.4 Å². The van der Waals surface area contributed by atoms with Crippen LogP contribution >= 0.6 is 0 Å². The Kier molecular flexibility index (Phi) is 5.60. The second kappa shape index (κ2) is 6.19. The van der Waals surface area contributed by atoms with Crippen LogP contribution in [0.4, 0.5) is 4.79 Å². The summed E-state index contributed by atoms with van der Waals surface area (Å²) >= 11 is 0. The molecule has 98 valence electrons. The number of nitrogens with one attached hydrogen (secondary N) is 2. The molecule has 0 aliphatic rings. The smallest absolute Gasteiger partial charge is 0.321 e. The SMILES string of the molecule is CNC(=O)NC(=O)CN(CC(=O)O)C(C)(C)C. The number of rotatable bonds is 4. The number of urea groups is 1. The first-order chi connectivity index (χ1) is 7.66. The lowest BCUT2D eigenvalue weighted by Gasteiger charge is -2.33. The second-order valence-electron chi connectivity index (χ2n) is 4.55. The first kappa shape index (κ1) is 15.4. The van der Waals surface area contributed by atoms with E-state index in [1.807, 2.05) is 0 Å². The number of carbonyl (C=O) groups excluding carboxylic acids is 2. The molecule has 0 rings (SSSR count). The van der Waals surface area contributed by atoms with Crippen LogP contribution in [0.3, 0.4) is 0 Å². The normalized spacial score (nSPS) is 11.1. The molecule has 3 amide bonds. The Labute approximate surface area is 100 Å². The van der Waals surface area contributed by atoms with Crippen LogP contribution in [0, 0.1) is 0 Å². The first-order valence-corrected chi connectivity index (χ1v) is 5.15. The molecule has 0 fully saturated rings. The molecule has 3 N–H and O–H groups in total. The number of hydrogen-bond donors (Lipinski definition) is 3. The Bertz CT molecular complexity index is 309. The molecular formula is C10H19N3O4. The van der Waals surface area contributed by atoms with Crippen LogP contribution in [0.5, 0.6) is 0 Å². The molecule has 17 heavy (non-hydrogen) atoms. The van der Waals surface area contributed by atoms with Gasteiger partial charge in [0.15, 0.2) is 0 Å². The van der Waals surface area contributed by atoms with Crippen LogP contribution in [-0.2, 0) is 9.59 Å². The third kappa shape index (κ3) is 6.52. The number of nitrogens with zero attached hydrogens (tertiary/aromatic N) is 1. The van der Waals surface area contributed by atoms with E-state index in [0.717, 1.165) is 0 Å². The van der Waals surface area contributed by atoms with Gasteiger partial charge in [0.25, 0.3) is 0 Å². The fourth-order valence-electron chi connectivity index (χ4n) is 1.10. The molecule has 0 bridgehead atoms. The van der Waals surface area contributed by atoms with Gasteiger partial charge in [0, 0.05) is 12.6 Å². The molecule has 0 aromatic carbocycles. The van der Waals surface area contributed by atoms with Gasteiger partial charge in [-0.3, -0.25) is 19.8 Å². The van der Waals surface area contributed by atoms with Crippen molar-refractivity contribution in [2.75, 3.05) is 20.1 Å². The number of amides is 3. The molecule has 0 unspecified atom stereocenters. The summed E-state index contributed by atoms with van der Waals surface area (Å²) in [6.07, 6.45) is 0. The van der Waals surface area contributed by atoms with Crippen molar-refractivity contribution in [3.63, 3.8) is 0 Å². The third-order valence-corrected chi connectivity index (χ3v) is 2.09. The molecular weight excluding hydrogens is 226 g/mol. The fourth-order valence-corrected chi connectivity index (χ4v) is 1.10. The highest BCUT2D eigenvalue weighted by Crippen LogP contribution is 2.11. The van der Waals surface area contributed by atoms with Crippen molar-refractivity contribution in [2.24, 2.45) is 0 Å². The van der Waals surface area contributed by atoms with Gasteiger partial charge in [0.05, 0.1) is 13.1 Å². The number of aliphatic carboxylic acids is 1. The van der Waals surface area contributed by atoms with Gasteiger partial charge < -0.3 is 10.4 Å². The third-order valence-electron chi connectivity index (χ3n) is 2.09. The van der Waals surface area contributed by atoms with Gasteiger partial charge in [-0.15, -0.1) is 0 Å². The minimum Gasteiger partial charge on any atom is -0.480 e. The van der Waals surface area contributed by atoms with Crippen LogP contribution in [0.15, 0.2) is 0 Å². The monoisotopic (exact) mass is 245 g/mol. The molecule has 0 aliphatic carbocycles. The quantitative estimate of drug-likeness (QED) is 0.627. The summed E-state index contributed by atoms with van der Waals surface area (Å²) in [4.78, 5) is 34.5. The van der Waals surface area contributed by atoms with Crippen molar-refractivity contribution in [1.29, 1.82) is 0 Å². The van der Waals surface area contributed by atoms with Crippen LogP contribution in [-0.4, -0.2) is 53.6 Å². The first-order valence-electron chi connectivity index (χ1n) is 5.15. The van der Waals surface area contributed by atoms with Crippen LogP contribution < -0.4 is 10.6 Å². The number of carboxylic acids is 1. The summed E-state index contributed by atoms with van der Waals surface area (Å²) in [6.45, 7) is 4.98. The van der Waals surface area contributed by atoms with Crippen LogP contribution in [0.25, 0.3) is 0 Å². The molecule has 0 aliphatic heterocycles. The van der Waals surface area contributed by atoms with Gasteiger partial charge >= 0.3 is 12.0 Å². The van der Waals surface area contributed by atoms with Crippen LogP contribution in [0.1, 0.15) is 20.8 Å². The molecule has 7 nitrogen and oxygen atoms in total. The van der Waals surface area contributed by atoms with E-state index in [1.54, 1.807) is 20.8 Å². The van der Waals surface area contributed by atoms with E-state index in [0.29, 0.717) is 0 Å². The van der Waals surface area contributed by atoms with E-state index in [4.69, 9.17) is 5.11 Å². The summed E-state index contributed by atoms with van der Waals surface area (Å²) in [7, 11) is 1.39. The summed E-state index contributed by atoms with van der Waals surface area (Å²) in [6, 6.07) is -0.612. The van der Waals surface area contributed by atoms with Crippen molar-refractivity contribution < 1.29 is 19.5 Å². The molecule has 0 radical (unpaired) electrons. The largest absolute Gasteiger partial charge is 0.480 e. The van der Waals surface area contributed by atoms with E-state index in [1.165, 1.54) is 11.9 Å². The van der Waals surface area contributed by atoms with Crippen molar-refractivity contribution in [3.05, 3.63) is 0 Å². The zero-order valence-corrected chi connectivity index (χ0v) is 10.5. The predicted molar refractivity (Wildman–Crippen MR) is 61.6 cm³/mol. The molecule has 0 aromatic rings. The zero-order valence-electron chi connectivity index (χ0n) is 10.5. The average molecular weight is 245 g/mol. The summed E-state index contributed by atoms with van der Waals surface area (Å²) < 4.78 is 0. The molecule has 0 aromatic heterocycles. The molecule has 7 heteroatoms. The Hall–Kier alpha value is -1.63. The Morgan fingerprint density at radius 2 is 1.71 bits per heavy atom. The molecule has 0 saturated heterocycles. The van der Waals surface area contributed by atoms with E-state index >= 15 is 0 Å². The maximum Gasteiger partial charge on any atom is 0.321 e. The van der Waals surface area contributed by atoms with Gasteiger partial charge in [-0.2, -0.15) is 0 Å². The van der Waals surface area contributed by atoms with Crippen molar-refractivity contribution in [1.82, 2.24) is 15.5 Å². The van der Waals surface area contributed by atoms with Crippen LogP contribution in [0.2, 0.25) is 0 Å². The fraction of sp³-hybridized carbons (Fsp3) is 0.700. The van der Waals surface area contributed by atoms with Gasteiger partial charge in [0.2, 0.25) is 5.91 Å². The minimum atomic E-state index is -1.02. The standard InChI is InChI=1S/C10H19N3O4/c1-10(2,3)13(6-8(15)16)5-7(14)12-9(17)11-4/h5-6H2,1-4H3,(H,15,16)(H2,11,12,14,17). The highest BCUT2D eigenvalue weighted by atomic mass is 16.4. The Balaban J connectivity index is 4.49. The molecule has 0 spiro atoms. The number of imide groups is 1.